The van der Waals surface area contributed by atoms with Crippen molar-refractivity contribution in [1.29, 1.82) is 0 Å². The second kappa shape index (κ2) is 8.69. The molecule has 0 saturated heterocycles. The van der Waals surface area contributed by atoms with Crippen molar-refractivity contribution in [2.75, 3.05) is 24.4 Å². The first kappa shape index (κ1) is 20.9. The van der Waals surface area contributed by atoms with Crippen molar-refractivity contribution in [3.05, 3.63) is 53.2 Å². The first-order chi connectivity index (χ1) is 14.3. The van der Waals surface area contributed by atoms with E-state index in [2.05, 4.69) is 15.6 Å². The number of carbonyl (C=O) groups is 3. The maximum atomic E-state index is 13.0. The number of ether oxygens (including phenoxy) is 2. The number of rotatable bonds is 6. The number of aromatic nitrogens is 1. The Bertz CT molecular complexity index is 1130. The lowest BCUT2D eigenvalue weighted by Crippen LogP contribution is -2.16. The van der Waals surface area contributed by atoms with E-state index in [-0.39, 0.29) is 18.0 Å². The van der Waals surface area contributed by atoms with Gasteiger partial charge in [0.15, 0.2) is 5.78 Å². The van der Waals surface area contributed by atoms with Crippen molar-refractivity contribution in [3.8, 4) is 5.75 Å². The molecule has 0 radical (unpaired) electrons. The van der Waals surface area contributed by atoms with Crippen LogP contribution >= 0.6 is 0 Å². The Balaban J connectivity index is 2.09. The summed E-state index contributed by atoms with van der Waals surface area (Å²) in [5.41, 5.74) is 2.76. The van der Waals surface area contributed by atoms with E-state index in [1.54, 1.807) is 44.2 Å². The average molecular weight is 409 g/mol. The summed E-state index contributed by atoms with van der Waals surface area (Å²) >= 11 is 0. The van der Waals surface area contributed by atoms with E-state index in [1.165, 1.54) is 20.1 Å². The lowest BCUT2D eigenvalue weighted by atomic mass is 10.0. The van der Waals surface area contributed by atoms with Gasteiger partial charge in [0, 0.05) is 22.2 Å². The molecule has 2 amide bonds. The molecular weight excluding hydrogens is 386 g/mol. The zero-order valence-electron chi connectivity index (χ0n) is 17.2. The monoisotopic (exact) mass is 409 g/mol. The van der Waals surface area contributed by atoms with E-state index in [4.69, 9.17) is 9.47 Å². The number of amides is 2. The smallest absolute Gasteiger partial charge is 0.411 e. The fraction of sp³-hybridized carbons (Fsp3) is 0.227. The molecule has 0 aliphatic heterocycles. The predicted molar refractivity (Wildman–Crippen MR) is 115 cm³/mol. The molecule has 0 fully saturated rings. The molecule has 8 nitrogen and oxygen atoms in total. The molecule has 0 spiro atoms. The van der Waals surface area contributed by atoms with Gasteiger partial charge in [-0.05, 0) is 45.0 Å². The number of Topliss-reactive ketones (excluding diaryl/α,β-unsaturated/α-hetero) is 1. The lowest BCUT2D eigenvalue weighted by Gasteiger charge is -2.12. The van der Waals surface area contributed by atoms with Crippen LogP contribution in [0.3, 0.4) is 0 Å². The van der Waals surface area contributed by atoms with Crippen molar-refractivity contribution in [2.45, 2.75) is 20.8 Å². The number of anilines is 2. The van der Waals surface area contributed by atoms with Gasteiger partial charge >= 0.3 is 6.09 Å². The van der Waals surface area contributed by atoms with Crippen LogP contribution in [0.15, 0.2) is 36.4 Å². The highest BCUT2D eigenvalue weighted by Gasteiger charge is 2.20. The number of ketones is 1. The Morgan fingerprint density at radius 2 is 1.80 bits per heavy atom. The molecule has 0 bridgehead atoms. The minimum Gasteiger partial charge on any atom is -0.495 e. The molecular formula is C22H23N3O5. The van der Waals surface area contributed by atoms with E-state index in [0.717, 1.165) is 0 Å². The number of fused-ring (bicyclic) bond motifs is 1. The molecule has 2 aromatic carbocycles. The van der Waals surface area contributed by atoms with Crippen molar-refractivity contribution in [1.82, 2.24) is 4.98 Å². The van der Waals surface area contributed by atoms with Gasteiger partial charge in [-0.25, -0.2) is 4.79 Å². The molecule has 3 rings (SSSR count). The third kappa shape index (κ3) is 4.12. The first-order valence-corrected chi connectivity index (χ1v) is 9.41. The Morgan fingerprint density at radius 3 is 2.47 bits per heavy atom. The van der Waals surface area contributed by atoms with Gasteiger partial charge in [-0.1, -0.05) is 12.1 Å². The fourth-order valence-corrected chi connectivity index (χ4v) is 3.33. The highest BCUT2D eigenvalue weighted by molar-refractivity contribution is 6.15. The van der Waals surface area contributed by atoms with Crippen LogP contribution in [0.5, 0.6) is 5.75 Å². The maximum absolute atomic E-state index is 13.0. The number of methoxy groups -OCH3 is 1. The highest BCUT2D eigenvalue weighted by Crippen LogP contribution is 2.31. The topological polar surface area (TPSA) is 110 Å². The van der Waals surface area contributed by atoms with Gasteiger partial charge in [0.05, 0.1) is 30.6 Å². The van der Waals surface area contributed by atoms with Crippen LogP contribution in [0.25, 0.3) is 10.9 Å². The molecule has 156 valence electrons. The number of aryl methyl sites for hydroxylation is 1. The quantitative estimate of drug-likeness (QED) is 0.519. The summed E-state index contributed by atoms with van der Waals surface area (Å²) in [6.45, 7) is 5.11. The Labute approximate surface area is 173 Å². The standard InChI is InChI=1S/C22H23N3O5/c1-5-30-22(28)25-17-11-14(10-15-19(13(3)26)12(2)23-20(15)17)21(27)24-16-8-6-7-9-18(16)29-4/h6-11,23H,5H2,1-4H3,(H,24,27)(H,25,28). The number of para-hydroxylation sites is 2. The highest BCUT2D eigenvalue weighted by atomic mass is 16.5. The van der Waals surface area contributed by atoms with Crippen LogP contribution in [0.4, 0.5) is 16.2 Å². The van der Waals surface area contributed by atoms with E-state index >= 15 is 0 Å². The third-order valence-electron chi connectivity index (χ3n) is 4.58. The van der Waals surface area contributed by atoms with Gasteiger partial charge in [-0.2, -0.15) is 0 Å². The van der Waals surface area contributed by atoms with Crippen LogP contribution in [0, 0.1) is 6.92 Å². The van der Waals surface area contributed by atoms with Crippen LogP contribution in [-0.4, -0.2) is 36.5 Å². The van der Waals surface area contributed by atoms with Crippen LogP contribution in [0.2, 0.25) is 0 Å². The number of hydrogen-bond donors (Lipinski definition) is 3. The SMILES string of the molecule is CCOC(=O)Nc1cc(C(=O)Nc2ccccc2OC)cc2c(C(C)=O)c(C)[nH]c12. The summed E-state index contributed by atoms with van der Waals surface area (Å²) in [6, 6.07) is 10.2. The molecule has 30 heavy (non-hydrogen) atoms. The molecule has 0 aliphatic carbocycles. The largest absolute Gasteiger partial charge is 0.495 e. The van der Waals surface area contributed by atoms with Crippen molar-refractivity contribution in [3.63, 3.8) is 0 Å². The number of carbonyl (C=O) groups excluding carboxylic acids is 3. The van der Waals surface area contributed by atoms with Crippen LogP contribution in [-0.2, 0) is 4.74 Å². The average Bonchev–Trinajstić information content (AvgIpc) is 3.04. The maximum Gasteiger partial charge on any atom is 0.411 e. The summed E-state index contributed by atoms with van der Waals surface area (Å²) in [4.78, 5) is 40.3. The molecule has 1 aromatic heterocycles. The number of H-pyrrole nitrogens is 1. The lowest BCUT2D eigenvalue weighted by molar-refractivity contribution is 0.101. The van der Waals surface area contributed by atoms with E-state index in [9.17, 15) is 14.4 Å². The minimum atomic E-state index is -0.655. The first-order valence-electron chi connectivity index (χ1n) is 9.41. The summed E-state index contributed by atoms with van der Waals surface area (Å²) in [5.74, 6) is -0.0523. The summed E-state index contributed by atoms with van der Waals surface area (Å²) in [5, 5.41) is 5.98. The van der Waals surface area contributed by atoms with Crippen molar-refractivity contribution >= 4 is 40.1 Å². The van der Waals surface area contributed by atoms with Gasteiger partial charge in [-0.3, -0.25) is 14.9 Å². The molecule has 0 aliphatic rings. The normalized spacial score (nSPS) is 10.5. The van der Waals surface area contributed by atoms with Gasteiger partial charge < -0.3 is 19.8 Å². The second-order valence-electron chi connectivity index (χ2n) is 6.63. The second-order valence-corrected chi connectivity index (χ2v) is 6.63. The van der Waals surface area contributed by atoms with E-state index in [0.29, 0.717) is 39.3 Å². The van der Waals surface area contributed by atoms with Gasteiger partial charge in [-0.15, -0.1) is 0 Å². The molecule has 8 heteroatoms. The summed E-state index contributed by atoms with van der Waals surface area (Å²) in [7, 11) is 1.51. The zero-order valence-corrected chi connectivity index (χ0v) is 17.2. The Morgan fingerprint density at radius 1 is 1.07 bits per heavy atom. The molecule has 0 saturated carbocycles. The predicted octanol–water partition coefficient (Wildman–Crippen LogP) is 4.51. The number of hydrogen-bond acceptors (Lipinski definition) is 5. The Kier molecular flexibility index (Phi) is 6.06. The Hall–Kier alpha value is -3.81. The summed E-state index contributed by atoms with van der Waals surface area (Å²) in [6.07, 6.45) is -0.655. The number of aromatic amines is 1. The molecule has 3 aromatic rings. The van der Waals surface area contributed by atoms with Crippen molar-refractivity contribution < 1.29 is 23.9 Å². The number of nitrogens with one attached hydrogen (secondary N) is 3. The number of benzene rings is 2. The van der Waals surface area contributed by atoms with Gasteiger partial charge in [0.25, 0.3) is 5.91 Å². The fourth-order valence-electron chi connectivity index (χ4n) is 3.33. The molecule has 1 heterocycles. The summed E-state index contributed by atoms with van der Waals surface area (Å²) < 4.78 is 10.2. The van der Waals surface area contributed by atoms with Crippen LogP contribution in [0.1, 0.15) is 40.3 Å². The molecule has 3 N–H and O–H groups in total. The van der Waals surface area contributed by atoms with Crippen molar-refractivity contribution in [2.24, 2.45) is 0 Å². The minimum absolute atomic E-state index is 0.150. The third-order valence-corrected chi connectivity index (χ3v) is 4.58. The van der Waals surface area contributed by atoms with Gasteiger partial charge in [0.1, 0.15) is 5.75 Å². The van der Waals surface area contributed by atoms with E-state index < -0.39 is 12.0 Å². The van der Waals surface area contributed by atoms with Gasteiger partial charge in [0.2, 0.25) is 0 Å². The molecule has 0 atom stereocenters. The van der Waals surface area contributed by atoms with Crippen LogP contribution < -0.4 is 15.4 Å². The molecule has 0 unspecified atom stereocenters. The van der Waals surface area contributed by atoms with E-state index in [1.807, 2.05) is 0 Å². The zero-order chi connectivity index (χ0) is 21.8.